The van der Waals surface area contributed by atoms with Gasteiger partial charge in [-0.25, -0.2) is 4.98 Å². The van der Waals surface area contributed by atoms with Crippen LogP contribution in [0.15, 0.2) is 5.38 Å². The normalized spacial score (nSPS) is 15.4. The fraction of sp³-hybridized carbons (Fsp3) is 0.800. The fourth-order valence-corrected chi connectivity index (χ4v) is 2.91. The van der Waals surface area contributed by atoms with Gasteiger partial charge in [0.1, 0.15) is 5.01 Å². The van der Waals surface area contributed by atoms with Gasteiger partial charge in [0.25, 0.3) is 0 Å². The van der Waals surface area contributed by atoms with Crippen LogP contribution in [0.2, 0.25) is 0 Å². The molecular weight excluding hydrogens is 268 g/mol. The fourth-order valence-electron chi connectivity index (χ4n) is 2.18. The first kappa shape index (κ1) is 15.9. The highest BCUT2D eigenvalue weighted by molar-refractivity contribution is 7.09. The smallest absolute Gasteiger partial charge is 0.107 e. The second kappa shape index (κ2) is 8.08. The van der Waals surface area contributed by atoms with Crippen molar-refractivity contribution < 1.29 is 0 Å². The first-order valence-corrected chi connectivity index (χ1v) is 8.59. The molecule has 1 aliphatic carbocycles. The summed E-state index contributed by atoms with van der Waals surface area (Å²) in [4.78, 5) is 9.51. The van der Waals surface area contributed by atoms with E-state index in [1.54, 1.807) is 11.3 Å². The molecule has 1 aliphatic rings. The van der Waals surface area contributed by atoms with E-state index in [2.05, 4.69) is 41.5 Å². The molecule has 0 amide bonds. The molecule has 1 N–H and O–H groups in total. The molecule has 0 radical (unpaired) electrons. The SMILES string of the molecule is CCCN(CCN(C)C)Cc1csc(CNC2CC2)n1. The van der Waals surface area contributed by atoms with Crippen molar-refractivity contribution in [1.82, 2.24) is 20.1 Å². The minimum absolute atomic E-state index is 0.763. The molecule has 2 rings (SSSR count). The minimum atomic E-state index is 0.763. The monoisotopic (exact) mass is 296 g/mol. The zero-order valence-electron chi connectivity index (χ0n) is 13.1. The van der Waals surface area contributed by atoms with Crippen LogP contribution in [0.4, 0.5) is 0 Å². The number of hydrogen-bond donors (Lipinski definition) is 1. The summed E-state index contributed by atoms with van der Waals surface area (Å²) in [5.41, 5.74) is 1.23. The van der Waals surface area contributed by atoms with E-state index in [0.717, 1.165) is 38.8 Å². The van der Waals surface area contributed by atoms with E-state index in [1.807, 2.05) is 0 Å². The number of nitrogens with zero attached hydrogens (tertiary/aromatic N) is 3. The van der Waals surface area contributed by atoms with Crippen molar-refractivity contribution in [3.8, 4) is 0 Å². The third-order valence-electron chi connectivity index (χ3n) is 3.51. The van der Waals surface area contributed by atoms with E-state index >= 15 is 0 Å². The highest BCUT2D eigenvalue weighted by atomic mass is 32.1. The summed E-state index contributed by atoms with van der Waals surface area (Å²) in [7, 11) is 4.27. The Kier molecular flexibility index (Phi) is 6.42. The molecule has 0 unspecified atom stereocenters. The van der Waals surface area contributed by atoms with Crippen LogP contribution in [0, 0.1) is 0 Å². The van der Waals surface area contributed by atoms with Crippen LogP contribution in [0.5, 0.6) is 0 Å². The predicted octanol–water partition coefficient (Wildman–Crippen LogP) is 2.17. The Morgan fingerprint density at radius 2 is 2.10 bits per heavy atom. The van der Waals surface area contributed by atoms with Crippen molar-refractivity contribution in [3.05, 3.63) is 16.1 Å². The third kappa shape index (κ3) is 5.87. The van der Waals surface area contributed by atoms with Gasteiger partial charge in [-0.1, -0.05) is 6.92 Å². The molecule has 20 heavy (non-hydrogen) atoms. The van der Waals surface area contributed by atoms with E-state index in [9.17, 15) is 0 Å². The van der Waals surface area contributed by atoms with E-state index in [4.69, 9.17) is 4.98 Å². The van der Waals surface area contributed by atoms with Crippen molar-refractivity contribution >= 4 is 11.3 Å². The Bertz CT molecular complexity index is 387. The summed E-state index contributed by atoms with van der Waals surface area (Å²) >= 11 is 1.79. The van der Waals surface area contributed by atoms with Gasteiger partial charge in [0.05, 0.1) is 5.69 Å². The Morgan fingerprint density at radius 3 is 2.75 bits per heavy atom. The number of thiazole rings is 1. The third-order valence-corrected chi connectivity index (χ3v) is 4.41. The quantitative estimate of drug-likeness (QED) is 0.717. The molecule has 4 nitrogen and oxygen atoms in total. The molecule has 114 valence electrons. The van der Waals surface area contributed by atoms with Gasteiger partial charge in [-0.2, -0.15) is 0 Å². The average Bonchev–Trinajstić information content (AvgIpc) is 3.14. The van der Waals surface area contributed by atoms with E-state index in [-0.39, 0.29) is 0 Å². The molecule has 0 atom stereocenters. The van der Waals surface area contributed by atoms with Gasteiger partial charge in [-0.15, -0.1) is 11.3 Å². The van der Waals surface area contributed by atoms with Crippen molar-refractivity contribution in [2.24, 2.45) is 0 Å². The van der Waals surface area contributed by atoms with Crippen molar-refractivity contribution in [3.63, 3.8) is 0 Å². The summed E-state index contributed by atoms with van der Waals surface area (Å²) in [6.45, 7) is 7.56. The van der Waals surface area contributed by atoms with E-state index < -0.39 is 0 Å². The number of nitrogens with one attached hydrogen (secondary N) is 1. The first-order chi connectivity index (χ1) is 9.67. The van der Waals surface area contributed by atoms with Crippen LogP contribution in [-0.2, 0) is 13.1 Å². The summed E-state index contributed by atoms with van der Waals surface area (Å²) in [6, 6.07) is 0.763. The Morgan fingerprint density at radius 1 is 1.30 bits per heavy atom. The summed E-state index contributed by atoms with van der Waals surface area (Å²) < 4.78 is 0. The molecule has 1 aromatic rings. The maximum Gasteiger partial charge on any atom is 0.107 e. The molecule has 1 saturated carbocycles. The summed E-state index contributed by atoms with van der Waals surface area (Å²) in [6.07, 6.45) is 3.88. The predicted molar refractivity (Wildman–Crippen MR) is 86.1 cm³/mol. The molecule has 5 heteroatoms. The lowest BCUT2D eigenvalue weighted by molar-refractivity contribution is 0.232. The molecule has 0 spiro atoms. The van der Waals surface area contributed by atoms with Crippen LogP contribution in [0.3, 0.4) is 0 Å². The van der Waals surface area contributed by atoms with Gasteiger partial charge < -0.3 is 10.2 Å². The van der Waals surface area contributed by atoms with Crippen LogP contribution < -0.4 is 5.32 Å². The Hall–Kier alpha value is -0.490. The minimum Gasteiger partial charge on any atom is -0.308 e. The van der Waals surface area contributed by atoms with E-state index in [0.29, 0.717) is 0 Å². The zero-order chi connectivity index (χ0) is 14.4. The number of aromatic nitrogens is 1. The van der Waals surface area contributed by atoms with Gasteiger partial charge in [0.15, 0.2) is 0 Å². The van der Waals surface area contributed by atoms with Crippen molar-refractivity contribution in [1.29, 1.82) is 0 Å². The maximum atomic E-state index is 4.76. The summed E-state index contributed by atoms with van der Waals surface area (Å²) in [5.74, 6) is 0. The van der Waals surface area contributed by atoms with Crippen molar-refractivity contribution in [2.75, 3.05) is 33.7 Å². The molecular formula is C15H28N4S. The first-order valence-electron chi connectivity index (χ1n) is 7.71. The van der Waals surface area contributed by atoms with Gasteiger partial charge >= 0.3 is 0 Å². The molecule has 0 aliphatic heterocycles. The second-order valence-electron chi connectivity index (χ2n) is 5.97. The zero-order valence-corrected chi connectivity index (χ0v) is 13.9. The average molecular weight is 296 g/mol. The topological polar surface area (TPSA) is 31.4 Å². The number of rotatable bonds is 10. The lowest BCUT2D eigenvalue weighted by Crippen LogP contribution is -2.32. The number of likely N-dealkylation sites (N-methyl/N-ethyl adjacent to an activating group) is 1. The Labute approximate surface area is 127 Å². The molecule has 0 aromatic carbocycles. The molecule has 1 heterocycles. The van der Waals surface area contributed by atoms with E-state index in [1.165, 1.54) is 30.0 Å². The molecule has 0 bridgehead atoms. The highest BCUT2D eigenvalue weighted by Crippen LogP contribution is 2.20. The standard InChI is InChI=1S/C15H28N4S/c1-4-7-19(9-8-18(2)3)11-14-12-20-15(17-14)10-16-13-5-6-13/h12-13,16H,4-11H2,1-3H3. The largest absolute Gasteiger partial charge is 0.308 e. The van der Waals surface area contributed by atoms with Crippen LogP contribution in [0.1, 0.15) is 36.9 Å². The molecule has 0 saturated heterocycles. The highest BCUT2D eigenvalue weighted by Gasteiger charge is 2.20. The lowest BCUT2D eigenvalue weighted by atomic mass is 10.3. The van der Waals surface area contributed by atoms with Crippen LogP contribution in [0.25, 0.3) is 0 Å². The molecule has 1 fully saturated rings. The summed E-state index contributed by atoms with van der Waals surface area (Å²) in [5, 5.41) is 6.99. The van der Waals surface area contributed by atoms with Crippen LogP contribution in [-0.4, -0.2) is 54.6 Å². The Balaban J connectivity index is 1.78. The van der Waals surface area contributed by atoms with Gasteiger partial charge in [-0.05, 0) is 39.9 Å². The lowest BCUT2D eigenvalue weighted by Gasteiger charge is -2.22. The second-order valence-corrected chi connectivity index (χ2v) is 6.91. The maximum absolute atomic E-state index is 4.76. The van der Waals surface area contributed by atoms with Gasteiger partial charge in [0.2, 0.25) is 0 Å². The van der Waals surface area contributed by atoms with Crippen molar-refractivity contribution in [2.45, 2.75) is 45.3 Å². The van der Waals surface area contributed by atoms with Gasteiger partial charge in [-0.3, -0.25) is 4.90 Å². The molecule has 1 aromatic heterocycles. The number of hydrogen-bond acceptors (Lipinski definition) is 5. The van der Waals surface area contributed by atoms with Crippen LogP contribution >= 0.6 is 11.3 Å². The van der Waals surface area contributed by atoms with Gasteiger partial charge in [0, 0.05) is 37.6 Å².